The van der Waals surface area contributed by atoms with Crippen LogP contribution in [0.5, 0.6) is 0 Å². The number of benzene rings is 1. The van der Waals surface area contributed by atoms with E-state index in [4.69, 9.17) is 5.73 Å². The summed E-state index contributed by atoms with van der Waals surface area (Å²) >= 11 is 0. The van der Waals surface area contributed by atoms with Crippen molar-refractivity contribution < 1.29 is 0 Å². The lowest BCUT2D eigenvalue weighted by atomic mass is 10.1. The Labute approximate surface area is 78.5 Å². The van der Waals surface area contributed by atoms with Gasteiger partial charge in [-0.1, -0.05) is 6.08 Å². The maximum Gasteiger partial charge on any atom is 0.0377 e. The van der Waals surface area contributed by atoms with E-state index in [-0.39, 0.29) is 0 Å². The predicted molar refractivity (Wildman–Crippen MR) is 56.8 cm³/mol. The van der Waals surface area contributed by atoms with Gasteiger partial charge in [-0.3, -0.25) is 0 Å². The van der Waals surface area contributed by atoms with Gasteiger partial charge in [-0.05, 0) is 36.6 Å². The van der Waals surface area contributed by atoms with Crippen molar-refractivity contribution in [2.45, 2.75) is 18.9 Å². The first-order valence-electron chi connectivity index (χ1n) is 4.55. The third-order valence-electron chi connectivity index (χ3n) is 2.41. The first-order chi connectivity index (χ1) is 6.29. The van der Waals surface area contributed by atoms with Crippen molar-refractivity contribution in [3.05, 3.63) is 36.4 Å². The van der Waals surface area contributed by atoms with Crippen molar-refractivity contribution in [2.24, 2.45) is 0 Å². The van der Waals surface area contributed by atoms with Gasteiger partial charge in [0.05, 0.1) is 0 Å². The zero-order chi connectivity index (χ0) is 9.26. The first kappa shape index (κ1) is 8.17. The third kappa shape index (κ3) is 1.52. The Morgan fingerprint density at radius 1 is 1.62 bits per heavy atom. The average Bonchev–Trinajstić information content (AvgIpc) is 2.46. The maximum atomic E-state index is 5.70. The van der Waals surface area contributed by atoms with E-state index in [0.717, 1.165) is 18.5 Å². The molecule has 3 N–H and O–H groups in total. The Morgan fingerprint density at radius 2 is 2.46 bits per heavy atom. The largest absolute Gasteiger partial charge is 0.399 e. The van der Waals surface area contributed by atoms with E-state index >= 15 is 0 Å². The zero-order valence-corrected chi connectivity index (χ0v) is 7.59. The number of nitrogen functional groups attached to an aromatic ring is 1. The zero-order valence-electron chi connectivity index (χ0n) is 7.59. The maximum absolute atomic E-state index is 5.70. The molecule has 1 heterocycles. The molecule has 1 aliphatic heterocycles. The second kappa shape index (κ2) is 3.13. The Bertz CT molecular complexity index is 331. The summed E-state index contributed by atoms with van der Waals surface area (Å²) in [4.78, 5) is 0. The van der Waals surface area contributed by atoms with Crippen molar-refractivity contribution in [1.29, 1.82) is 0 Å². The molecule has 2 rings (SSSR count). The summed E-state index contributed by atoms with van der Waals surface area (Å²) in [5.74, 6) is 0. The number of hydrogen-bond donors (Lipinski definition) is 2. The lowest BCUT2D eigenvalue weighted by molar-refractivity contribution is 0.766. The van der Waals surface area contributed by atoms with E-state index in [1.54, 1.807) is 0 Å². The summed E-state index contributed by atoms with van der Waals surface area (Å²) in [7, 11) is 0. The molecule has 0 fully saturated rings. The second-order valence-electron chi connectivity index (χ2n) is 3.49. The highest BCUT2D eigenvalue weighted by Gasteiger charge is 2.18. The summed E-state index contributed by atoms with van der Waals surface area (Å²) < 4.78 is 0. The third-order valence-corrected chi connectivity index (χ3v) is 2.41. The van der Waals surface area contributed by atoms with Crippen molar-refractivity contribution >= 4 is 11.4 Å². The molecule has 13 heavy (non-hydrogen) atoms. The Hall–Kier alpha value is -1.44. The molecular weight excluding hydrogens is 160 g/mol. The van der Waals surface area contributed by atoms with Crippen LogP contribution in [0.15, 0.2) is 30.9 Å². The first-order valence-corrected chi connectivity index (χ1v) is 4.55. The van der Waals surface area contributed by atoms with Gasteiger partial charge in [0.25, 0.3) is 0 Å². The number of hydrogen-bond acceptors (Lipinski definition) is 2. The van der Waals surface area contributed by atoms with Crippen LogP contribution >= 0.6 is 0 Å². The molecule has 0 spiro atoms. The van der Waals surface area contributed by atoms with E-state index in [0.29, 0.717) is 6.04 Å². The molecule has 1 aromatic rings. The molecule has 0 aromatic heterocycles. The fourth-order valence-electron chi connectivity index (χ4n) is 1.80. The molecule has 1 unspecified atom stereocenters. The van der Waals surface area contributed by atoms with Gasteiger partial charge in [0.15, 0.2) is 0 Å². The molecule has 0 aliphatic carbocycles. The van der Waals surface area contributed by atoms with E-state index < -0.39 is 0 Å². The van der Waals surface area contributed by atoms with Gasteiger partial charge in [0.1, 0.15) is 0 Å². The molecular formula is C11H14N2. The minimum absolute atomic E-state index is 0.509. The lowest BCUT2D eigenvalue weighted by Crippen LogP contribution is -2.13. The second-order valence-corrected chi connectivity index (χ2v) is 3.49. The van der Waals surface area contributed by atoms with Crippen LogP contribution in [0.25, 0.3) is 0 Å². The summed E-state index contributed by atoms with van der Waals surface area (Å²) in [6.07, 6.45) is 4.02. The van der Waals surface area contributed by atoms with Gasteiger partial charge in [-0.25, -0.2) is 0 Å². The molecule has 0 bridgehead atoms. The van der Waals surface area contributed by atoms with Crippen LogP contribution < -0.4 is 11.1 Å². The average molecular weight is 174 g/mol. The fourth-order valence-corrected chi connectivity index (χ4v) is 1.80. The molecule has 2 heteroatoms. The van der Waals surface area contributed by atoms with Gasteiger partial charge < -0.3 is 11.1 Å². The van der Waals surface area contributed by atoms with Crippen molar-refractivity contribution in [2.75, 3.05) is 11.1 Å². The molecule has 1 aromatic carbocycles. The molecule has 1 atom stereocenters. The van der Waals surface area contributed by atoms with Gasteiger partial charge in [0, 0.05) is 17.4 Å². The van der Waals surface area contributed by atoms with Crippen molar-refractivity contribution in [1.82, 2.24) is 0 Å². The highest BCUT2D eigenvalue weighted by atomic mass is 14.9. The Morgan fingerprint density at radius 3 is 3.23 bits per heavy atom. The standard InChI is InChI=1S/C11H14N2/c1-2-3-10-7-8-6-9(12)4-5-11(8)13-10/h2,4-6,10,13H,1,3,7,12H2. The van der Waals surface area contributed by atoms with Crippen molar-refractivity contribution in [3.8, 4) is 0 Å². The van der Waals surface area contributed by atoms with E-state index in [1.165, 1.54) is 11.3 Å². The normalized spacial score (nSPS) is 19.2. The quantitative estimate of drug-likeness (QED) is 0.532. The number of nitrogens with one attached hydrogen (secondary N) is 1. The van der Waals surface area contributed by atoms with Crippen LogP contribution in [-0.4, -0.2) is 6.04 Å². The smallest absolute Gasteiger partial charge is 0.0377 e. The summed E-state index contributed by atoms with van der Waals surface area (Å²) in [5.41, 5.74) is 9.10. The van der Waals surface area contributed by atoms with Crippen LogP contribution in [0, 0.1) is 0 Å². The molecule has 68 valence electrons. The number of fused-ring (bicyclic) bond motifs is 1. The van der Waals surface area contributed by atoms with Gasteiger partial charge in [-0.2, -0.15) is 0 Å². The summed E-state index contributed by atoms with van der Waals surface area (Å²) in [5, 5.41) is 3.44. The molecule has 0 radical (unpaired) electrons. The highest BCUT2D eigenvalue weighted by Crippen LogP contribution is 2.28. The fraction of sp³-hybridized carbons (Fsp3) is 0.273. The molecule has 0 saturated carbocycles. The van der Waals surface area contributed by atoms with Crippen LogP contribution in [0.2, 0.25) is 0 Å². The highest BCUT2D eigenvalue weighted by molar-refractivity contribution is 5.62. The van der Waals surface area contributed by atoms with E-state index in [9.17, 15) is 0 Å². The molecule has 1 aliphatic rings. The van der Waals surface area contributed by atoms with Crippen molar-refractivity contribution in [3.63, 3.8) is 0 Å². The summed E-state index contributed by atoms with van der Waals surface area (Å²) in [6.45, 7) is 3.74. The van der Waals surface area contributed by atoms with Gasteiger partial charge in [0.2, 0.25) is 0 Å². The monoisotopic (exact) mass is 174 g/mol. The van der Waals surface area contributed by atoms with Crippen LogP contribution in [-0.2, 0) is 6.42 Å². The minimum atomic E-state index is 0.509. The van der Waals surface area contributed by atoms with Crippen LogP contribution in [0.4, 0.5) is 11.4 Å². The Balaban J connectivity index is 2.20. The summed E-state index contributed by atoms with van der Waals surface area (Å²) in [6, 6.07) is 6.54. The van der Waals surface area contributed by atoms with Crippen LogP contribution in [0.1, 0.15) is 12.0 Å². The lowest BCUT2D eigenvalue weighted by Gasteiger charge is -2.06. The molecule has 2 nitrogen and oxygen atoms in total. The number of anilines is 2. The van der Waals surface area contributed by atoms with Gasteiger partial charge >= 0.3 is 0 Å². The van der Waals surface area contributed by atoms with Crippen LogP contribution in [0.3, 0.4) is 0 Å². The number of nitrogens with two attached hydrogens (primary N) is 1. The van der Waals surface area contributed by atoms with E-state index in [2.05, 4.69) is 11.9 Å². The predicted octanol–water partition coefficient (Wildman–Crippen LogP) is 2.18. The SMILES string of the molecule is C=CCC1Cc2cc(N)ccc2N1. The molecule has 0 amide bonds. The van der Waals surface area contributed by atoms with E-state index in [1.807, 2.05) is 24.3 Å². The topological polar surface area (TPSA) is 38.0 Å². The Kier molecular flexibility index (Phi) is 1.97. The minimum Gasteiger partial charge on any atom is -0.399 e. The van der Waals surface area contributed by atoms with Gasteiger partial charge in [-0.15, -0.1) is 6.58 Å². The number of rotatable bonds is 2. The molecule has 0 saturated heterocycles.